The highest BCUT2D eigenvalue weighted by Gasteiger charge is 2.47. The van der Waals surface area contributed by atoms with Crippen molar-refractivity contribution in [2.45, 2.75) is 65.0 Å². The van der Waals surface area contributed by atoms with Gasteiger partial charge in [0, 0.05) is 37.9 Å². The van der Waals surface area contributed by atoms with E-state index in [1.165, 1.54) is 0 Å². The fourth-order valence-electron chi connectivity index (χ4n) is 5.69. The van der Waals surface area contributed by atoms with Crippen LogP contribution in [0, 0.1) is 11.3 Å². The Labute approximate surface area is 210 Å². The van der Waals surface area contributed by atoms with Crippen LogP contribution in [0.5, 0.6) is 0 Å². The van der Waals surface area contributed by atoms with Crippen molar-refractivity contribution in [3.05, 3.63) is 66.0 Å². The highest BCUT2D eigenvalue weighted by atomic mass is 16.2. The van der Waals surface area contributed by atoms with E-state index < -0.39 is 0 Å². The number of hydrogen-bond donors (Lipinski definition) is 1. The third-order valence-electron chi connectivity index (χ3n) is 8.12. The van der Waals surface area contributed by atoms with Crippen LogP contribution in [0.15, 0.2) is 54.9 Å². The molecule has 1 aromatic carbocycles. The second kappa shape index (κ2) is 11.8. The van der Waals surface area contributed by atoms with Crippen LogP contribution >= 0.6 is 0 Å². The SMILES string of the molecule is CCC(CC)C(=O)NC(CCN1CCC2(CC1)CCN(Cc1cccnc1)C2=O)c1ccccc1. The molecule has 0 bridgehead atoms. The number of likely N-dealkylation sites (tertiary alicyclic amines) is 2. The van der Waals surface area contributed by atoms with Gasteiger partial charge in [0.15, 0.2) is 0 Å². The number of rotatable bonds is 10. The van der Waals surface area contributed by atoms with E-state index in [2.05, 4.69) is 41.2 Å². The lowest BCUT2D eigenvalue weighted by molar-refractivity contribution is -0.139. The zero-order valence-electron chi connectivity index (χ0n) is 21.3. The van der Waals surface area contributed by atoms with E-state index in [9.17, 15) is 9.59 Å². The van der Waals surface area contributed by atoms with Crippen LogP contribution < -0.4 is 5.32 Å². The van der Waals surface area contributed by atoms with E-state index in [4.69, 9.17) is 0 Å². The van der Waals surface area contributed by atoms with Crippen molar-refractivity contribution in [3.63, 3.8) is 0 Å². The summed E-state index contributed by atoms with van der Waals surface area (Å²) >= 11 is 0. The Balaban J connectivity index is 1.31. The summed E-state index contributed by atoms with van der Waals surface area (Å²) in [4.78, 5) is 34.8. The average Bonchev–Trinajstić information content (AvgIpc) is 3.19. The lowest BCUT2D eigenvalue weighted by Gasteiger charge is -2.38. The Morgan fingerprint density at radius 3 is 2.40 bits per heavy atom. The van der Waals surface area contributed by atoms with Crippen LogP contribution in [0.25, 0.3) is 0 Å². The summed E-state index contributed by atoms with van der Waals surface area (Å²) in [7, 11) is 0. The number of nitrogens with zero attached hydrogens (tertiary/aromatic N) is 3. The maximum atomic E-state index is 13.3. The molecule has 4 rings (SSSR count). The Morgan fingerprint density at radius 1 is 1.03 bits per heavy atom. The predicted molar refractivity (Wildman–Crippen MR) is 138 cm³/mol. The van der Waals surface area contributed by atoms with E-state index in [1.54, 1.807) is 6.20 Å². The summed E-state index contributed by atoms with van der Waals surface area (Å²) in [5, 5.41) is 3.33. The lowest BCUT2D eigenvalue weighted by Crippen LogP contribution is -2.45. The maximum Gasteiger partial charge on any atom is 0.229 e. The summed E-state index contributed by atoms with van der Waals surface area (Å²) in [5.74, 6) is 0.548. The smallest absolute Gasteiger partial charge is 0.229 e. The van der Waals surface area contributed by atoms with E-state index in [-0.39, 0.29) is 23.3 Å². The number of amides is 2. The van der Waals surface area contributed by atoms with Crippen LogP contribution in [-0.4, -0.2) is 52.8 Å². The first-order chi connectivity index (χ1) is 17.0. The molecule has 2 aliphatic rings. The molecule has 1 aromatic heterocycles. The van der Waals surface area contributed by atoms with Gasteiger partial charge >= 0.3 is 0 Å². The number of carbonyl (C=O) groups excluding carboxylic acids is 2. The molecule has 2 aromatic rings. The minimum Gasteiger partial charge on any atom is -0.349 e. The molecule has 1 unspecified atom stereocenters. The molecule has 6 nitrogen and oxygen atoms in total. The zero-order chi connectivity index (χ0) is 24.7. The van der Waals surface area contributed by atoms with Crippen molar-refractivity contribution in [1.29, 1.82) is 0 Å². The zero-order valence-corrected chi connectivity index (χ0v) is 21.3. The van der Waals surface area contributed by atoms with Gasteiger partial charge in [-0.05, 0) is 68.8 Å². The number of nitrogens with one attached hydrogen (secondary N) is 1. The lowest BCUT2D eigenvalue weighted by atomic mass is 9.77. The molecule has 0 radical (unpaired) electrons. The van der Waals surface area contributed by atoms with E-state index in [1.807, 2.05) is 41.4 Å². The monoisotopic (exact) mass is 476 g/mol. The van der Waals surface area contributed by atoms with Gasteiger partial charge in [0.05, 0.1) is 11.5 Å². The minimum absolute atomic E-state index is 0.0169. The van der Waals surface area contributed by atoms with Gasteiger partial charge < -0.3 is 15.1 Å². The highest BCUT2D eigenvalue weighted by molar-refractivity contribution is 5.85. The van der Waals surface area contributed by atoms with Gasteiger partial charge in [-0.2, -0.15) is 0 Å². The molecule has 6 heteroatoms. The molecule has 2 aliphatic heterocycles. The first-order valence-corrected chi connectivity index (χ1v) is 13.3. The molecule has 0 aliphatic carbocycles. The first-order valence-electron chi connectivity index (χ1n) is 13.3. The molecule has 1 N–H and O–H groups in total. The molecule has 1 spiro atoms. The van der Waals surface area contributed by atoms with E-state index in [0.717, 1.165) is 75.8 Å². The second-order valence-corrected chi connectivity index (χ2v) is 10.2. The molecule has 2 fully saturated rings. The van der Waals surface area contributed by atoms with Crippen LogP contribution in [0.2, 0.25) is 0 Å². The molecule has 35 heavy (non-hydrogen) atoms. The number of carbonyl (C=O) groups is 2. The number of pyridine rings is 1. The van der Waals surface area contributed by atoms with Crippen molar-refractivity contribution < 1.29 is 9.59 Å². The molecule has 188 valence electrons. The molecule has 2 amide bonds. The number of benzene rings is 1. The van der Waals surface area contributed by atoms with Crippen molar-refractivity contribution in [2.75, 3.05) is 26.2 Å². The fraction of sp³-hybridized carbons (Fsp3) is 0.552. The Kier molecular flexibility index (Phi) is 8.55. The van der Waals surface area contributed by atoms with Gasteiger partial charge in [-0.25, -0.2) is 0 Å². The number of piperidine rings is 1. The topological polar surface area (TPSA) is 65.5 Å². The van der Waals surface area contributed by atoms with Crippen LogP contribution in [0.3, 0.4) is 0 Å². The summed E-state index contributed by atoms with van der Waals surface area (Å²) in [6.45, 7) is 8.46. The van der Waals surface area contributed by atoms with Gasteiger partial charge in [0.2, 0.25) is 11.8 Å². The Morgan fingerprint density at radius 2 is 1.74 bits per heavy atom. The largest absolute Gasteiger partial charge is 0.349 e. The normalized spacial score (nSPS) is 18.8. The Hall–Kier alpha value is -2.73. The third kappa shape index (κ3) is 6.10. The average molecular weight is 477 g/mol. The standard InChI is InChI=1S/C29H40N4O2/c1-3-24(4-2)27(34)31-26(25-10-6-5-7-11-25)12-17-32-18-13-29(14-19-32)15-20-33(28(29)35)22-23-9-8-16-30-21-23/h5-11,16,21,24,26H,3-4,12-15,17-20,22H2,1-2H3,(H,31,34). The quantitative estimate of drug-likeness (QED) is 0.545. The molecule has 0 saturated carbocycles. The summed E-state index contributed by atoms with van der Waals surface area (Å²) < 4.78 is 0. The minimum atomic E-state index is -0.193. The summed E-state index contributed by atoms with van der Waals surface area (Å²) in [6, 6.07) is 14.3. The highest BCUT2D eigenvalue weighted by Crippen LogP contribution is 2.42. The number of hydrogen-bond acceptors (Lipinski definition) is 4. The van der Waals surface area contributed by atoms with Crippen molar-refractivity contribution in [2.24, 2.45) is 11.3 Å². The fourth-order valence-corrected chi connectivity index (χ4v) is 5.69. The van der Waals surface area contributed by atoms with Crippen LogP contribution in [0.4, 0.5) is 0 Å². The van der Waals surface area contributed by atoms with Gasteiger partial charge in [-0.15, -0.1) is 0 Å². The first kappa shape index (κ1) is 25.4. The third-order valence-corrected chi connectivity index (χ3v) is 8.12. The van der Waals surface area contributed by atoms with Crippen molar-refractivity contribution >= 4 is 11.8 Å². The molecule has 3 heterocycles. The molecular weight excluding hydrogens is 436 g/mol. The summed E-state index contributed by atoms with van der Waals surface area (Å²) in [6.07, 6.45) is 9.03. The maximum absolute atomic E-state index is 13.3. The predicted octanol–water partition coefficient (Wildman–Crippen LogP) is 4.58. The van der Waals surface area contributed by atoms with Gasteiger partial charge in [0.25, 0.3) is 0 Å². The summed E-state index contributed by atoms with van der Waals surface area (Å²) in [5.41, 5.74) is 2.07. The Bertz CT molecular complexity index is 953. The second-order valence-electron chi connectivity index (χ2n) is 10.2. The molecule has 1 atom stereocenters. The van der Waals surface area contributed by atoms with Crippen molar-refractivity contribution in [3.8, 4) is 0 Å². The van der Waals surface area contributed by atoms with Gasteiger partial charge in [-0.3, -0.25) is 14.6 Å². The van der Waals surface area contributed by atoms with Crippen LogP contribution in [-0.2, 0) is 16.1 Å². The number of aromatic nitrogens is 1. The van der Waals surface area contributed by atoms with E-state index >= 15 is 0 Å². The van der Waals surface area contributed by atoms with Crippen LogP contribution in [0.1, 0.15) is 69.5 Å². The molecule has 2 saturated heterocycles. The van der Waals surface area contributed by atoms with E-state index in [0.29, 0.717) is 12.5 Å². The molecular formula is C29H40N4O2. The van der Waals surface area contributed by atoms with Crippen molar-refractivity contribution in [1.82, 2.24) is 20.1 Å². The van der Waals surface area contributed by atoms with Gasteiger partial charge in [-0.1, -0.05) is 50.2 Å². The van der Waals surface area contributed by atoms with Gasteiger partial charge in [0.1, 0.15) is 0 Å².